The van der Waals surface area contributed by atoms with E-state index in [0.29, 0.717) is 31.0 Å². The molecule has 1 atom stereocenters. The molecule has 2 N–H and O–H groups in total. The number of likely N-dealkylation sites (tertiary alicyclic amines) is 1. The molecule has 0 bridgehead atoms. The molecular weight excluding hydrogens is 268 g/mol. The number of hydrogen-bond donors (Lipinski definition) is 1. The first-order valence-corrected chi connectivity index (χ1v) is 7.41. The molecule has 0 aliphatic carbocycles. The van der Waals surface area contributed by atoms with Crippen molar-refractivity contribution in [2.24, 2.45) is 5.73 Å². The molecule has 0 radical (unpaired) electrons. The maximum atomic E-state index is 12.6. The second-order valence-corrected chi connectivity index (χ2v) is 5.39. The van der Waals surface area contributed by atoms with Crippen LogP contribution in [0.1, 0.15) is 28.8 Å². The van der Waals surface area contributed by atoms with E-state index in [0.717, 1.165) is 24.9 Å². The smallest absolute Gasteiger partial charge is 0.257 e. The van der Waals surface area contributed by atoms with E-state index in [1.165, 1.54) is 0 Å². The molecule has 116 valence electrons. The van der Waals surface area contributed by atoms with Gasteiger partial charge in [-0.3, -0.25) is 4.79 Å². The second-order valence-electron chi connectivity index (χ2n) is 5.39. The van der Waals surface area contributed by atoms with Gasteiger partial charge in [0.2, 0.25) is 0 Å². The summed E-state index contributed by atoms with van der Waals surface area (Å²) < 4.78 is 11.1. The number of amides is 1. The molecule has 1 aromatic rings. The largest absolute Gasteiger partial charge is 0.493 e. The zero-order valence-electron chi connectivity index (χ0n) is 12.8. The van der Waals surface area contributed by atoms with E-state index < -0.39 is 0 Å². The maximum Gasteiger partial charge on any atom is 0.257 e. The molecule has 1 aliphatic heterocycles. The molecule has 1 amide bonds. The lowest BCUT2D eigenvalue weighted by molar-refractivity contribution is 0.0720. The predicted molar refractivity (Wildman–Crippen MR) is 81.7 cm³/mol. The van der Waals surface area contributed by atoms with Gasteiger partial charge < -0.3 is 20.1 Å². The first-order valence-electron chi connectivity index (χ1n) is 7.41. The molecule has 1 saturated heterocycles. The number of aryl methyl sites for hydroxylation is 1. The maximum absolute atomic E-state index is 12.6. The Morgan fingerprint density at radius 3 is 2.95 bits per heavy atom. The van der Waals surface area contributed by atoms with Crippen molar-refractivity contribution in [3.05, 3.63) is 29.3 Å². The van der Waals surface area contributed by atoms with Gasteiger partial charge in [-0.05, 0) is 44.0 Å². The number of ether oxygens (including phenoxy) is 2. The van der Waals surface area contributed by atoms with Crippen LogP contribution in [-0.4, -0.2) is 50.3 Å². The van der Waals surface area contributed by atoms with Crippen LogP contribution in [0.5, 0.6) is 5.75 Å². The summed E-state index contributed by atoms with van der Waals surface area (Å²) in [7, 11) is 1.69. The van der Waals surface area contributed by atoms with Crippen LogP contribution in [0.25, 0.3) is 0 Å². The van der Waals surface area contributed by atoms with E-state index in [2.05, 4.69) is 0 Å². The third-order valence-electron chi connectivity index (χ3n) is 3.74. The summed E-state index contributed by atoms with van der Waals surface area (Å²) in [6.07, 6.45) is 1.80. The Morgan fingerprint density at radius 2 is 2.29 bits per heavy atom. The van der Waals surface area contributed by atoms with Gasteiger partial charge >= 0.3 is 0 Å². The first kappa shape index (κ1) is 15.8. The zero-order chi connectivity index (χ0) is 15.2. The average molecular weight is 292 g/mol. The SMILES string of the molecule is COC1CCN(C(=O)c2ccc(C)cc2OCCCN)C1. The van der Waals surface area contributed by atoms with Gasteiger partial charge in [0.25, 0.3) is 5.91 Å². The Bertz CT molecular complexity index is 490. The minimum absolute atomic E-state index is 0.0114. The third-order valence-corrected chi connectivity index (χ3v) is 3.74. The van der Waals surface area contributed by atoms with E-state index in [1.54, 1.807) is 7.11 Å². The lowest BCUT2D eigenvalue weighted by atomic mass is 10.1. The van der Waals surface area contributed by atoms with Crippen molar-refractivity contribution in [2.75, 3.05) is 33.4 Å². The van der Waals surface area contributed by atoms with Gasteiger partial charge in [0.15, 0.2) is 0 Å². The summed E-state index contributed by atoms with van der Waals surface area (Å²) >= 11 is 0. The Balaban J connectivity index is 2.12. The van der Waals surface area contributed by atoms with Crippen molar-refractivity contribution in [1.29, 1.82) is 0 Å². The Labute approximate surface area is 126 Å². The normalized spacial score (nSPS) is 18.0. The number of nitrogens with two attached hydrogens (primary N) is 1. The molecule has 0 aromatic heterocycles. The number of carbonyl (C=O) groups is 1. The molecule has 0 spiro atoms. The highest BCUT2D eigenvalue weighted by molar-refractivity contribution is 5.97. The van der Waals surface area contributed by atoms with Crippen molar-refractivity contribution in [2.45, 2.75) is 25.9 Å². The summed E-state index contributed by atoms with van der Waals surface area (Å²) in [6.45, 7) is 4.47. The number of hydrogen-bond acceptors (Lipinski definition) is 4. The van der Waals surface area contributed by atoms with Gasteiger partial charge in [-0.2, -0.15) is 0 Å². The quantitative estimate of drug-likeness (QED) is 0.809. The van der Waals surface area contributed by atoms with Gasteiger partial charge in [0, 0.05) is 20.2 Å². The van der Waals surface area contributed by atoms with Gasteiger partial charge in [-0.25, -0.2) is 0 Å². The van der Waals surface area contributed by atoms with Gasteiger partial charge in [-0.15, -0.1) is 0 Å². The molecule has 0 saturated carbocycles. The molecule has 1 fully saturated rings. The molecule has 21 heavy (non-hydrogen) atoms. The molecule has 1 heterocycles. The van der Waals surface area contributed by atoms with E-state index >= 15 is 0 Å². The first-order chi connectivity index (χ1) is 10.2. The van der Waals surface area contributed by atoms with Crippen LogP contribution in [0, 0.1) is 6.92 Å². The molecular formula is C16H24N2O3. The Morgan fingerprint density at radius 1 is 1.48 bits per heavy atom. The van der Waals surface area contributed by atoms with Crippen LogP contribution < -0.4 is 10.5 Å². The van der Waals surface area contributed by atoms with Crippen molar-refractivity contribution < 1.29 is 14.3 Å². The molecule has 5 nitrogen and oxygen atoms in total. The number of carbonyl (C=O) groups excluding carboxylic acids is 1. The van der Waals surface area contributed by atoms with Crippen LogP contribution in [0.2, 0.25) is 0 Å². The fraction of sp³-hybridized carbons (Fsp3) is 0.562. The number of benzene rings is 1. The summed E-state index contributed by atoms with van der Waals surface area (Å²) in [5, 5.41) is 0. The summed E-state index contributed by atoms with van der Waals surface area (Å²) in [6, 6.07) is 5.69. The van der Waals surface area contributed by atoms with Gasteiger partial charge in [-0.1, -0.05) is 6.07 Å². The zero-order valence-corrected chi connectivity index (χ0v) is 12.8. The standard InChI is InChI=1S/C16H24N2O3/c1-12-4-5-14(15(10-12)21-9-3-7-17)16(19)18-8-6-13(11-18)20-2/h4-5,10,13H,3,6-9,11,17H2,1-2H3. The molecule has 1 unspecified atom stereocenters. The summed E-state index contributed by atoms with van der Waals surface area (Å²) in [5.74, 6) is 0.659. The number of nitrogens with zero attached hydrogens (tertiary/aromatic N) is 1. The third kappa shape index (κ3) is 3.95. The van der Waals surface area contributed by atoms with Crippen molar-refractivity contribution in [3.63, 3.8) is 0 Å². The van der Waals surface area contributed by atoms with E-state index in [9.17, 15) is 4.79 Å². The topological polar surface area (TPSA) is 64.8 Å². The van der Waals surface area contributed by atoms with Crippen molar-refractivity contribution >= 4 is 5.91 Å². The minimum Gasteiger partial charge on any atom is -0.493 e. The lowest BCUT2D eigenvalue weighted by Crippen LogP contribution is -2.30. The highest BCUT2D eigenvalue weighted by Crippen LogP contribution is 2.24. The monoisotopic (exact) mass is 292 g/mol. The fourth-order valence-corrected chi connectivity index (χ4v) is 2.47. The van der Waals surface area contributed by atoms with Gasteiger partial charge in [0.1, 0.15) is 5.75 Å². The van der Waals surface area contributed by atoms with Crippen LogP contribution in [0.4, 0.5) is 0 Å². The summed E-state index contributed by atoms with van der Waals surface area (Å²) in [4.78, 5) is 14.5. The van der Waals surface area contributed by atoms with Crippen LogP contribution in [-0.2, 0) is 4.74 Å². The predicted octanol–water partition coefficient (Wildman–Crippen LogP) is 1.58. The molecule has 2 rings (SSSR count). The Hall–Kier alpha value is -1.59. The van der Waals surface area contributed by atoms with E-state index in [1.807, 2.05) is 30.0 Å². The lowest BCUT2D eigenvalue weighted by Gasteiger charge is -2.19. The minimum atomic E-state index is 0.0114. The number of rotatable bonds is 6. The molecule has 5 heteroatoms. The van der Waals surface area contributed by atoms with Gasteiger partial charge in [0.05, 0.1) is 18.3 Å². The second kappa shape index (κ2) is 7.43. The van der Waals surface area contributed by atoms with Crippen LogP contribution >= 0.6 is 0 Å². The highest BCUT2D eigenvalue weighted by atomic mass is 16.5. The fourth-order valence-electron chi connectivity index (χ4n) is 2.47. The van der Waals surface area contributed by atoms with Crippen LogP contribution in [0.3, 0.4) is 0 Å². The summed E-state index contributed by atoms with van der Waals surface area (Å²) in [5.41, 5.74) is 7.18. The average Bonchev–Trinajstić information content (AvgIpc) is 2.96. The number of methoxy groups -OCH3 is 1. The van der Waals surface area contributed by atoms with E-state index in [4.69, 9.17) is 15.2 Å². The molecule has 1 aromatic carbocycles. The van der Waals surface area contributed by atoms with Crippen LogP contribution in [0.15, 0.2) is 18.2 Å². The molecule has 1 aliphatic rings. The highest BCUT2D eigenvalue weighted by Gasteiger charge is 2.28. The van der Waals surface area contributed by atoms with Crippen molar-refractivity contribution in [3.8, 4) is 5.75 Å². The van der Waals surface area contributed by atoms with Crippen molar-refractivity contribution in [1.82, 2.24) is 4.90 Å². The Kier molecular flexibility index (Phi) is 5.59. The van der Waals surface area contributed by atoms with E-state index in [-0.39, 0.29) is 12.0 Å².